The first-order chi connectivity index (χ1) is 11.2. The van der Waals surface area contributed by atoms with Crippen LogP contribution >= 0.6 is 39.1 Å². The molecule has 10 heteroatoms. The molecule has 0 aliphatic rings. The van der Waals surface area contributed by atoms with Gasteiger partial charge in [0.15, 0.2) is 5.75 Å². The molecule has 0 atom stereocenters. The molecule has 2 N–H and O–H groups in total. The summed E-state index contributed by atoms with van der Waals surface area (Å²) in [6, 6.07) is 6.46. The predicted molar refractivity (Wildman–Crippen MR) is 94.9 cm³/mol. The molecule has 0 amide bonds. The first-order valence-electron chi connectivity index (χ1n) is 6.24. The van der Waals surface area contributed by atoms with E-state index in [4.69, 9.17) is 33.0 Å². The van der Waals surface area contributed by atoms with Crippen LogP contribution in [0, 0.1) is 0 Å². The number of hydrogen-bond donors (Lipinski definition) is 2. The van der Waals surface area contributed by atoms with Gasteiger partial charge >= 0.3 is 5.97 Å². The van der Waals surface area contributed by atoms with Crippen LogP contribution in [0.1, 0.15) is 10.4 Å². The summed E-state index contributed by atoms with van der Waals surface area (Å²) in [5, 5.41) is 9.23. The lowest BCUT2D eigenvalue weighted by Gasteiger charge is -2.14. The molecule has 0 spiro atoms. The van der Waals surface area contributed by atoms with Gasteiger partial charge in [-0.2, -0.15) is 0 Å². The van der Waals surface area contributed by atoms with E-state index in [1.165, 1.54) is 31.4 Å². The van der Waals surface area contributed by atoms with Crippen molar-refractivity contribution in [1.82, 2.24) is 0 Å². The SMILES string of the molecule is COc1c(Br)cc(Cl)cc1S(=O)(=O)Nc1ccc(Cl)c(C(=O)O)c1. The van der Waals surface area contributed by atoms with Crippen LogP contribution in [0.3, 0.4) is 0 Å². The number of carboxylic acid groups (broad SMARTS) is 1. The van der Waals surface area contributed by atoms with Crippen molar-refractivity contribution in [2.45, 2.75) is 4.90 Å². The molecule has 2 aromatic carbocycles. The van der Waals surface area contributed by atoms with E-state index in [1.54, 1.807) is 0 Å². The lowest BCUT2D eigenvalue weighted by atomic mass is 10.2. The van der Waals surface area contributed by atoms with Crippen molar-refractivity contribution in [2.24, 2.45) is 0 Å². The normalized spacial score (nSPS) is 11.2. The van der Waals surface area contributed by atoms with E-state index in [1.807, 2.05) is 0 Å². The van der Waals surface area contributed by atoms with Gasteiger partial charge in [0.25, 0.3) is 10.0 Å². The highest BCUT2D eigenvalue weighted by molar-refractivity contribution is 9.10. The van der Waals surface area contributed by atoms with E-state index in [-0.39, 0.29) is 31.9 Å². The summed E-state index contributed by atoms with van der Waals surface area (Å²) in [5.41, 5.74) is -0.189. The fourth-order valence-electron chi connectivity index (χ4n) is 1.90. The third kappa shape index (κ3) is 3.94. The van der Waals surface area contributed by atoms with E-state index in [0.717, 1.165) is 6.07 Å². The topological polar surface area (TPSA) is 92.7 Å². The van der Waals surface area contributed by atoms with Gasteiger partial charge in [0, 0.05) is 10.7 Å². The molecule has 0 fully saturated rings. The molecule has 2 aromatic rings. The van der Waals surface area contributed by atoms with E-state index < -0.39 is 16.0 Å². The number of methoxy groups -OCH3 is 1. The van der Waals surface area contributed by atoms with Crippen LogP contribution in [0.15, 0.2) is 39.7 Å². The van der Waals surface area contributed by atoms with Crippen LogP contribution in [0.25, 0.3) is 0 Å². The van der Waals surface area contributed by atoms with Gasteiger partial charge in [-0.15, -0.1) is 0 Å². The van der Waals surface area contributed by atoms with Gasteiger partial charge in [-0.05, 0) is 46.3 Å². The minimum Gasteiger partial charge on any atom is -0.494 e. The quantitative estimate of drug-likeness (QED) is 0.703. The van der Waals surface area contributed by atoms with Crippen LogP contribution in [0.2, 0.25) is 10.0 Å². The second kappa shape index (κ2) is 7.18. The number of carboxylic acids is 1. The number of rotatable bonds is 5. The molecule has 0 aliphatic carbocycles. The molecule has 0 aliphatic heterocycles. The van der Waals surface area contributed by atoms with Crippen molar-refractivity contribution in [3.63, 3.8) is 0 Å². The molecule has 0 radical (unpaired) electrons. The van der Waals surface area contributed by atoms with Gasteiger partial charge in [-0.3, -0.25) is 4.72 Å². The monoisotopic (exact) mass is 453 g/mol. The van der Waals surface area contributed by atoms with Crippen molar-refractivity contribution < 1.29 is 23.1 Å². The van der Waals surface area contributed by atoms with Crippen molar-refractivity contribution in [2.75, 3.05) is 11.8 Å². The number of ether oxygens (including phenoxy) is 1. The highest BCUT2D eigenvalue weighted by Crippen LogP contribution is 2.36. The number of aromatic carboxylic acids is 1. The lowest BCUT2D eigenvalue weighted by Crippen LogP contribution is -2.15. The fraction of sp³-hybridized carbons (Fsp3) is 0.0714. The third-order valence-electron chi connectivity index (χ3n) is 2.92. The molecular weight excluding hydrogens is 445 g/mol. The summed E-state index contributed by atoms with van der Waals surface area (Å²) in [5.74, 6) is -1.21. The summed E-state index contributed by atoms with van der Waals surface area (Å²) in [6.45, 7) is 0. The molecule has 0 unspecified atom stereocenters. The van der Waals surface area contributed by atoms with Crippen LogP contribution < -0.4 is 9.46 Å². The molecular formula is C14H10BrCl2NO5S. The molecule has 0 bridgehead atoms. The van der Waals surface area contributed by atoms with Crippen LogP contribution in [0.4, 0.5) is 5.69 Å². The Morgan fingerprint density at radius 3 is 2.50 bits per heavy atom. The molecule has 128 valence electrons. The Hall–Kier alpha value is -1.48. The minimum absolute atomic E-state index is 0.00599. The zero-order chi connectivity index (χ0) is 18.1. The highest BCUT2D eigenvalue weighted by atomic mass is 79.9. The van der Waals surface area contributed by atoms with Crippen molar-refractivity contribution >= 4 is 60.8 Å². The first kappa shape index (κ1) is 18.9. The maximum atomic E-state index is 12.6. The molecule has 0 heterocycles. The highest BCUT2D eigenvalue weighted by Gasteiger charge is 2.23. The van der Waals surface area contributed by atoms with Crippen LogP contribution in [0.5, 0.6) is 5.75 Å². The van der Waals surface area contributed by atoms with Crippen LogP contribution in [-0.2, 0) is 10.0 Å². The van der Waals surface area contributed by atoms with Gasteiger partial charge in [-0.1, -0.05) is 23.2 Å². The van der Waals surface area contributed by atoms with Gasteiger partial charge in [-0.25, -0.2) is 13.2 Å². The first-order valence-corrected chi connectivity index (χ1v) is 9.27. The van der Waals surface area contributed by atoms with Gasteiger partial charge in [0.05, 0.1) is 22.2 Å². The number of carbonyl (C=O) groups is 1. The Morgan fingerprint density at radius 1 is 1.25 bits per heavy atom. The third-order valence-corrected chi connectivity index (χ3v) is 5.44. The van der Waals surface area contributed by atoms with Crippen molar-refractivity contribution in [3.05, 3.63) is 50.4 Å². The number of anilines is 1. The summed E-state index contributed by atoms with van der Waals surface area (Å²) < 4.78 is 32.9. The van der Waals surface area contributed by atoms with Crippen molar-refractivity contribution in [3.8, 4) is 5.75 Å². The standard InChI is InChI=1S/C14H10BrCl2NO5S/c1-23-13-10(15)4-7(16)5-12(13)24(21,22)18-8-2-3-11(17)9(6-8)14(19)20/h2-6,18H,1H3,(H,19,20). The summed E-state index contributed by atoms with van der Waals surface area (Å²) in [4.78, 5) is 10.9. The molecule has 6 nitrogen and oxygen atoms in total. The summed E-state index contributed by atoms with van der Waals surface area (Å²) >= 11 is 14.8. The Kier molecular flexibility index (Phi) is 5.64. The Labute approximate surface area is 156 Å². The average Bonchev–Trinajstić information content (AvgIpc) is 2.48. The second-order valence-corrected chi connectivity index (χ2v) is 7.87. The second-order valence-electron chi connectivity index (χ2n) is 4.52. The number of nitrogens with one attached hydrogen (secondary N) is 1. The zero-order valence-corrected chi connectivity index (χ0v) is 15.9. The molecule has 0 saturated carbocycles. The minimum atomic E-state index is -4.08. The van der Waals surface area contributed by atoms with E-state index in [9.17, 15) is 13.2 Å². The Morgan fingerprint density at radius 2 is 1.92 bits per heavy atom. The maximum Gasteiger partial charge on any atom is 0.337 e. The maximum absolute atomic E-state index is 12.6. The molecule has 24 heavy (non-hydrogen) atoms. The van der Waals surface area contributed by atoms with Crippen LogP contribution in [-0.4, -0.2) is 26.6 Å². The summed E-state index contributed by atoms with van der Waals surface area (Å²) in [6.07, 6.45) is 0. The predicted octanol–water partition coefficient (Wildman–Crippen LogP) is 4.26. The van der Waals surface area contributed by atoms with Gasteiger partial charge < -0.3 is 9.84 Å². The average molecular weight is 455 g/mol. The largest absolute Gasteiger partial charge is 0.494 e. The zero-order valence-electron chi connectivity index (χ0n) is 12.0. The Bertz CT molecular complexity index is 918. The van der Waals surface area contributed by atoms with E-state index in [0.29, 0.717) is 4.47 Å². The van der Waals surface area contributed by atoms with Crippen molar-refractivity contribution in [1.29, 1.82) is 0 Å². The molecule has 2 rings (SSSR count). The Balaban J connectivity index is 2.50. The van der Waals surface area contributed by atoms with E-state index in [2.05, 4.69) is 20.7 Å². The number of benzene rings is 2. The molecule has 0 aromatic heterocycles. The van der Waals surface area contributed by atoms with Gasteiger partial charge in [0.2, 0.25) is 0 Å². The number of hydrogen-bond acceptors (Lipinski definition) is 4. The molecule has 0 saturated heterocycles. The number of halogens is 3. The fourth-order valence-corrected chi connectivity index (χ4v) is 4.53. The van der Waals surface area contributed by atoms with E-state index >= 15 is 0 Å². The summed E-state index contributed by atoms with van der Waals surface area (Å²) in [7, 11) is -2.76. The number of sulfonamides is 1. The van der Waals surface area contributed by atoms with Gasteiger partial charge in [0.1, 0.15) is 4.90 Å². The smallest absolute Gasteiger partial charge is 0.337 e. The lowest BCUT2D eigenvalue weighted by molar-refractivity contribution is 0.0697.